The largest absolute Gasteiger partial charge is 0.468 e. The number of hydrogen-bond acceptors (Lipinski definition) is 4. The summed E-state index contributed by atoms with van der Waals surface area (Å²) in [4.78, 5) is 0. The van der Waals surface area contributed by atoms with Gasteiger partial charge in [0, 0.05) is 22.0 Å². The highest BCUT2D eigenvalue weighted by Crippen LogP contribution is 2.20. The monoisotopic (exact) mass is 450 g/mol. The molecule has 0 spiro atoms. The van der Waals surface area contributed by atoms with Crippen molar-refractivity contribution in [1.29, 1.82) is 0 Å². The van der Waals surface area contributed by atoms with Gasteiger partial charge in [-0.15, -0.1) is 21.8 Å². The number of halogens is 3. The Balaban J connectivity index is 2.25. The smallest absolute Gasteiger partial charge is 0.232 e. The number of rotatable bonds is 7. The Morgan fingerprint density at radius 1 is 1.48 bits per heavy atom. The predicted molar refractivity (Wildman–Crippen MR) is 90.9 cm³/mol. The van der Waals surface area contributed by atoms with Crippen LogP contribution in [0.2, 0.25) is 5.54 Å². The van der Waals surface area contributed by atoms with Gasteiger partial charge in [-0.2, -0.15) is 0 Å². The van der Waals surface area contributed by atoms with Crippen LogP contribution in [-0.2, 0) is 11.9 Å². The van der Waals surface area contributed by atoms with Gasteiger partial charge < -0.3 is 9.15 Å². The normalized spacial score (nSPS) is 12.4. The summed E-state index contributed by atoms with van der Waals surface area (Å²) in [5.41, 5.74) is 1.40. The first-order chi connectivity index (χ1) is 10.2. The van der Waals surface area contributed by atoms with Crippen LogP contribution in [0.3, 0.4) is 0 Å². The molecule has 8 heteroatoms. The molecular formula is C13H13Br2ClN2O2Si. The van der Waals surface area contributed by atoms with Crippen molar-refractivity contribution in [1.82, 2.24) is 10.2 Å². The van der Waals surface area contributed by atoms with Crippen molar-refractivity contribution in [2.24, 2.45) is 0 Å². The molecule has 1 atom stereocenters. The highest BCUT2D eigenvalue weighted by atomic mass is 79.9. The number of ether oxygens (including phenoxy) is 1. The van der Waals surface area contributed by atoms with Crippen molar-refractivity contribution in [3.05, 3.63) is 34.3 Å². The maximum atomic E-state index is 5.94. The summed E-state index contributed by atoms with van der Waals surface area (Å²) in [7, 11) is 0.504. The number of alkyl halides is 2. The molecule has 2 aromatic heterocycles. The van der Waals surface area contributed by atoms with Crippen molar-refractivity contribution in [2.75, 3.05) is 5.88 Å². The lowest BCUT2D eigenvalue weighted by Gasteiger charge is -2.15. The topological polar surface area (TPSA) is 48.2 Å². The van der Waals surface area contributed by atoms with Gasteiger partial charge >= 0.3 is 0 Å². The lowest BCUT2D eigenvalue weighted by molar-refractivity contribution is 0.259. The number of furan rings is 1. The first kappa shape index (κ1) is 17.0. The number of hydrogen-bond donors (Lipinski definition) is 0. The second kappa shape index (κ2) is 8.31. The van der Waals surface area contributed by atoms with Crippen molar-refractivity contribution in [3.8, 4) is 5.88 Å². The zero-order valence-corrected chi connectivity index (χ0v) is 16.2. The summed E-state index contributed by atoms with van der Waals surface area (Å²) in [6.07, 6.45) is 1.62. The summed E-state index contributed by atoms with van der Waals surface area (Å²) >= 11 is 12.9. The molecule has 0 aliphatic carbocycles. The van der Waals surface area contributed by atoms with Gasteiger partial charge in [0.15, 0.2) is 0 Å². The average molecular weight is 453 g/mol. The fraction of sp³-hybridized carbons (Fsp3) is 0.385. The molecule has 0 saturated heterocycles. The standard InChI is InChI=1S/C13H13Br2ClN2O2Si/c1-8(6-16)21-11-10(5-14)12(15)17-18-13(11)20-7-9-3-2-4-19-9/h2-4,8H,5-7H2,1H3. The van der Waals surface area contributed by atoms with E-state index in [1.165, 1.54) is 0 Å². The van der Waals surface area contributed by atoms with Crippen molar-refractivity contribution >= 4 is 58.2 Å². The van der Waals surface area contributed by atoms with Gasteiger partial charge in [0.2, 0.25) is 5.88 Å². The first-order valence-electron chi connectivity index (χ1n) is 6.24. The lowest BCUT2D eigenvalue weighted by Crippen LogP contribution is -2.27. The molecule has 0 aromatic carbocycles. The van der Waals surface area contributed by atoms with E-state index in [1.54, 1.807) is 6.26 Å². The van der Waals surface area contributed by atoms with Crippen molar-refractivity contribution in [2.45, 2.75) is 24.4 Å². The molecule has 0 N–H and O–H groups in total. The Labute approximate surface area is 147 Å². The lowest BCUT2D eigenvalue weighted by atomic mass is 10.3. The van der Waals surface area contributed by atoms with E-state index in [9.17, 15) is 0 Å². The van der Waals surface area contributed by atoms with Crippen LogP contribution in [0.25, 0.3) is 0 Å². The van der Waals surface area contributed by atoms with Crippen LogP contribution >= 0.6 is 43.5 Å². The maximum Gasteiger partial charge on any atom is 0.232 e. The van der Waals surface area contributed by atoms with Crippen LogP contribution in [0.1, 0.15) is 18.2 Å². The molecule has 2 rings (SSSR count). The summed E-state index contributed by atoms with van der Waals surface area (Å²) in [6, 6.07) is 3.69. The molecule has 0 bridgehead atoms. The zero-order chi connectivity index (χ0) is 15.2. The van der Waals surface area contributed by atoms with E-state index in [4.69, 9.17) is 20.8 Å². The molecule has 21 heavy (non-hydrogen) atoms. The van der Waals surface area contributed by atoms with E-state index < -0.39 is 0 Å². The fourth-order valence-corrected chi connectivity index (χ4v) is 4.83. The van der Waals surface area contributed by atoms with Gasteiger partial charge in [-0.3, -0.25) is 0 Å². The maximum absolute atomic E-state index is 5.94. The van der Waals surface area contributed by atoms with E-state index in [0.717, 1.165) is 21.1 Å². The van der Waals surface area contributed by atoms with Gasteiger partial charge in [0.1, 0.15) is 17.0 Å². The van der Waals surface area contributed by atoms with E-state index in [0.29, 0.717) is 38.8 Å². The van der Waals surface area contributed by atoms with Crippen LogP contribution in [0.4, 0.5) is 0 Å². The first-order valence-corrected chi connectivity index (χ1v) is 9.77. The Hall–Kier alpha value is -0.373. The minimum absolute atomic E-state index is 0.331. The van der Waals surface area contributed by atoms with Crippen LogP contribution < -0.4 is 9.92 Å². The zero-order valence-electron chi connectivity index (χ0n) is 11.3. The minimum atomic E-state index is 0.331. The fourth-order valence-electron chi connectivity index (χ4n) is 1.62. The Morgan fingerprint density at radius 3 is 2.90 bits per heavy atom. The summed E-state index contributed by atoms with van der Waals surface area (Å²) in [5, 5.41) is 9.98. The van der Waals surface area contributed by atoms with Crippen molar-refractivity contribution < 1.29 is 9.15 Å². The second-order valence-electron chi connectivity index (χ2n) is 4.35. The van der Waals surface area contributed by atoms with Crippen LogP contribution in [0, 0.1) is 0 Å². The van der Waals surface area contributed by atoms with E-state index in [1.807, 2.05) is 12.1 Å². The molecule has 4 nitrogen and oxygen atoms in total. The molecule has 0 aliphatic rings. The number of nitrogens with zero attached hydrogens (tertiary/aromatic N) is 2. The van der Waals surface area contributed by atoms with Gasteiger partial charge in [-0.05, 0) is 33.6 Å². The SMILES string of the molecule is CC(CCl)[Si]c1c(OCc2ccco2)nnc(Br)c1CBr. The van der Waals surface area contributed by atoms with Gasteiger partial charge in [0.05, 0.1) is 15.8 Å². The highest BCUT2D eigenvalue weighted by molar-refractivity contribution is 9.10. The summed E-state index contributed by atoms with van der Waals surface area (Å²) < 4.78 is 11.8. The van der Waals surface area contributed by atoms with Gasteiger partial charge in [0.25, 0.3) is 0 Å². The van der Waals surface area contributed by atoms with Gasteiger partial charge in [-0.25, -0.2) is 0 Å². The molecule has 1 unspecified atom stereocenters. The summed E-state index contributed by atoms with van der Waals surface area (Å²) in [6.45, 7) is 2.44. The molecule has 2 radical (unpaired) electrons. The number of aromatic nitrogens is 2. The second-order valence-corrected chi connectivity index (χ2v) is 7.75. The average Bonchev–Trinajstić information content (AvgIpc) is 3.00. The quantitative estimate of drug-likeness (QED) is 0.475. The van der Waals surface area contributed by atoms with E-state index >= 15 is 0 Å². The van der Waals surface area contributed by atoms with Crippen LogP contribution in [-0.4, -0.2) is 25.6 Å². The summed E-state index contributed by atoms with van der Waals surface area (Å²) in [5.74, 6) is 1.89. The Bertz CT molecular complexity index is 584. The van der Waals surface area contributed by atoms with Gasteiger partial charge in [-0.1, -0.05) is 22.9 Å². The third kappa shape index (κ3) is 4.55. The third-order valence-corrected chi connectivity index (χ3v) is 6.10. The molecule has 0 fully saturated rings. The van der Waals surface area contributed by atoms with Crippen LogP contribution in [0.15, 0.2) is 27.4 Å². The predicted octanol–water partition coefficient (Wildman–Crippen LogP) is 3.68. The molecule has 0 saturated carbocycles. The molecule has 112 valence electrons. The Kier molecular flexibility index (Phi) is 6.72. The molecule has 0 amide bonds. The molecule has 0 aliphatic heterocycles. The highest BCUT2D eigenvalue weighted by Gasteiger charge is 2.19. The van der Waals surface area contributed by atoms with Crippen LogP contribution in [0.5, 0.6) is 5.88 Å². The van der Waals surface area contributed by atoms with E-state index in [2.05, 4.69) is 49.0 Å². The molecule has 2 heterocycles. The Morgan fingerprint density at radius 2 is 2.29 bits per heavy atom. The van der Waals surface area contributed by atoms with E-state index in [-0.39, 0.29) is 0 Å². The third-order valence-electron chi connectivity index (χ3n) is 2.68. The minimum Gasteiger partial charge on any atom is -0.468 e. The molecule has 2 aromatic rings. The van der Waals surface area contributed by atoms with Crippen molar-refractivity contribution in [3.63, 3.8) is 0 Å². The molecular weight excluding hydrogens is 440 g/mol.